The summed E-state index contributed by atoms with van der Waals surface area (Å²) < 4.78 is 11.9. The van der Waals surface area contributed by atoms with Crippen LogP contribution in [0, 0.1) is 0 Å². The van der Waals surface area contributed by atoms with Crippen molar-refractivity contribution in [3.8, 4) is 34.3 Å². The van der Waals surface area contributed by atoms with Gasteiger partial charge < -0.3 is 9.47 Å². The van der Waals surface area contributed by atoms with Gasteiger partial charge >= 0.3 is 0 Å². The molecule has 6 heteroatoms. The zero-order chi connectivity index (χ0) is 26.9. The average Bonchev–Trinajstić information content (AvgIpc) is 3.01. The van der Waals surface area contributed by atoms with Crippen LogP contribution in [0.2, 0.25) is 0 Å². The first-order valence-corrected chi connectivity index (χ1v) is 13.0. The van der Waals surface area contributed by atoms with Crippen molar-refractivity contribution in [2.75, 3.05) is 14.2 Å². The number of fused-ring (bicyclic) bond motifs is 6. The van der Waals surface area contributed by atoms with E-state index < -0.39 is 0 Å². The number of carbonyl (C=O) groups excluding carboxylic acids is 2. The number of carbonyl (C=O) groups is 2. The standard InChI is InChI=1S/C34H18N2O4/c1-39-33-27-19-11-13-22-26-24(19)28(34(40-2)36-30(26)16-8-4-6-10-18(16)32(22)38)20-12-14-21-25(23(20)27)29(35-33)15-7-3-5-9-17(15)31(21)37/h3-14H,1-2H3. The van der Waals surface area contributed by atoms with Gasteiger partial charge in [-0.2, -0.15) is 0 Å². The van der Waals surface area contributed by atoms with Gasteiger partial charge in [-0.1, -0.05) is 60.7 Å². The summed E-state index contributed by atoms with van der Waals surface area (Å²) in [6, 6.07) is 22.8. The van der Waals surface area contributed by atoms with Crippen molar-refractivity contribution in [3.63, 3.8) is 0 Å². The largest absolute Gasteiger partial charge is 0.481 e. The van der Waals surface area contributed by atoms with Gasteiger partial charge in [0.25, 0.3) is 0 Å². The monoisotopic (exact) mass is 518 g/mol. The third-order valence-corrected chi connectivity index (χ3v) is 8.51. The molecule has 0 amide bonds. The van der Waals surface area contributed by atoms with E-state index in [9.17, 15) is 9.59 Å². The van der Waals surface area contributed by atoms with E-state index in [0.717, 1.165) is 54.2 Å². The second-order valence-electron chi connectivity index (χ2n) is 10.3. The predicted octanol–water partition coefficient (Wildman–Crippen LogP) is 6.97. The van der Waals surface area contributed by atoms with Gasteiger partial charge in [0.05, 0.1) is 36.4 Å². The quantitative estimate of drug-likeness (QED) is 0.182. The highest BCUT2D eigenvalue weighted by Gasteiger charge is 2.34. The van der Waals surface area contributed by atoms with E-state index in [1.807, 2.05) is 72.8 Å². The highest BCUT2D eigenvalue weighted by Crippen LogP contribution is 2.53. The van der Waals surface area contributed by atoms with Crippen molar-refractivity contribution in [2.24, 2.45) is 0 Å². The van der Waals surface area contributed by atoms with Gasteiger partial charge in [0.15, 0.2) is 11.6 Å². The fourth-order valence-corrected chi connectivity index (χ4v) is 6.90. The first kappa shape index (κ1) is 21.6. The summed E-state index contributed by atoms with van der Waals surface area (Å²) in [7, 11) is 3.23. The zero-order valence-electron chi connectivity index (χ0n) is 21.5. The summed E-state index contributed by atoms with van der Waals surface area (Å²) in [6.45, 7) is 0. The van der Waals surface area contributed by atoms with Gasteiger partial charge in [-0.15, -0.1) is 0 Å². The molecule has 40 heavy (non-hydrogen) atoms. The number of ether oxygens (including phenoxy) is 2. The Morgan fingerprint density at radius 3 is 1.25 bits per heavy atom. The van der Waals surface area contributed by atoms with Gasteiger partial charge in [-0.25, -0.2) is 9.97 Å². The predicted molar refractivity (Wildman–Crippen MR) is 154 cm³/mol. The lowest BCUT2D eigenvalue weighted by molar-refractivity contribution is 0.103. The molecule has 0 radical (unpaired) electrons. The highest BCUT2D eigenvalue weighted by molar-refractivity contribution is 6.42. The van der Waals surface area contributed by atoms with Crippen molar-refractivity contribution in [1.82, 2.24) is 9.97 Å². The third-order valence-electron chi connectivity index (χ3n) is 8.51. The van der Waals surface area contributed by atoms with Crippen LogP contribution in [-0.2, 0) is 0 Å². The smallest absolute Gasteiger partial charge is 0.222 e. The van der Waals surface area contributed by atoms with Gasteiger partial charge in [-0.05, 0) is 22.9 Å². The van der Waals surface area contributed by atoms with Crippen LogP contribution in [0.25, 0.3) is 65.6 Å². The molecule has 6 nitrogen and oxygen atoms in total. The van der Waals surface area contributed by atoms with Crippen molar-refractivity contribution < 1.29 is 19.1 Å². The molecule has 9 rings (SSSR count). The van der Waals surface area contributed by atoms with E-state index in [4.69, 9.17) is 19.4 Å². The van der Waals surface area contributed by atoms with Gasteiger partial charge in [0.2, 0.25) is 11.8 Å². The molecule has 0 unspecified atom stereocenters. The molecule has 0 fully saturated rings. The maximum Gasteiger partial charge on any atom is 0.222 e. The van der Waals surface area contributed by atoms with Crippen LogP contribution in [0.3, 0.4) is 0 Å². The molecule has 2 heterocycles. The van der Waals surface area contributed by atoms with Gasteiger partial charge in [0, 0.05) is 54.9 Å². The summed E-state index contributed by atoms with van der Waals surface area (Å²) in [6.07, 6.45) is 0. The van der Waals surface area contributed by atoms with Crippen LogP contribution in [0.15, 0.2) is 72.8 Å². The Hall–Kier alpha value is -5.36. The van der Waals surface area contributed by atoms with E-state index in [0.29, 0.717) is 45.4 Å². The molecule has 0 N–H and O–H groups in total. The van der Waals surface area contributed by atoms with Gasteiger partial charge in [-0.3, -0.25) is 9.59 Å². The molecule has 2 aromatic heterocycles. The first-order chi connectivity index (χ1) is 19.6. The topological polar surface area (TPSA) is 78.4 Å². The molecule has 7 aromatic rings. The van der Waals surface area contributed by atoms with E-state index >= 15 is 0 Å². The number of ketones is 2. The van der Waals surface area contributed by atoms with Crippen LogP contribution in [-0.4, -0.2) is 35.8 Å². The zero-order valence-corrected chi connectivity index (χ0v) is 21.5. The Morgan fingerprint density at radius 1 is 0.450 bits per heavy atom. The summed E-state index contributed by atoms with van der Waals surface area (Å²) in [5, 5.41) is 6.67. The molecule has 188 valence electrons. The summed E-state index contributed by atoms with van der Waals surface area (Å²) in [4.78, 5) is 37.4. The van der Waals surface area contributed by atoms with Crippen LogP contribution < -0.4 is 9.47 Å². The van der Waals surface area contributed by atoms with E-state index in [2.05, 4.69) is 0 Å². The maximum absolute atomic E-state index is 13.7. The summed E-state index contributed by atoms with van der Waals surface area (Å²) >= 11 is 0. The minimum Gasteiger partial charge on any atom is -0.481 e. The molecule has 0 atom stereocenters. The number of pyridine rings is 2. The number of aromatic nitrogens is 2. The molecule has 2 aliphatic rings. The maximum atomic E-state index is 13.7. The molecular weight excluding hydrogens is 500 g/mol. The van der Waals surface area contributed by atoms with Crippen LogP contribution in [0.1, 0.15) is 31.8 Å². The molecule has 0 saturated carbocycles. The fourth-order valence-electron chi connectivity index (χ4n) is 6.90. The Kier molecular flexibility index (Phi) is 3.87. The second-order valence-corrected chi connectivity index (χ2v) is 10.3. The Bertz CT molecular complexity index is 2170. The Balaban J connectivity index is 1.59. The Labute approximate surface area is 227 Å². The molecule has 2 aliphatic carbocycles. The van der Waals surface area contributed by atoms with Crippen molar-refractivity contribution in [2.45, 2.75) is 0 Å². The van der Waals surface area contributed by atoms with Crippen LogP contribution >= 0.6 is 0 Å². The van der Waals surface area contributed by atoms with Gasteiger partial charge in [0.1, 0.15) is 0 Å². The minimum atomic E-state index is -0.0316. The van der Waals surface area contributed by atoms with Crippen molar-refractivity contribution >= 4 is 54.7 Å². The summed E-state index contributed by atoms with van der Waals surface area (Å²) in [5.74, 6) is 0.864. The minimum absolute atomic E-state index is 0.0316. The lowest BCUT2D eigenvalue weighted by Crippen LogP contribution is -2.13. The van der Waals surface area contributed by atoms with E-state index in [1.165, 1.54) is 0 Å². The molecular formula is C34H18N2O4. The fraction of sp³-hybridized carbons (Fsp3) is 0.0588. The Morgan fingerprint density at radius 2 is 0.850 bits per heavy atom. The molecule has 5 aromatic carbocycles. The number of nitrogens with zero attached hydrogens (tertiary/aromatic N) is 2. The number of hydrogen-bond donors (Lipinski definition) is 0. The molecule has 0 aliphatic heterocycles. The molecule has 0 saturated heterocycles. The van der Waals surface area contributed by atoms with Crippen LogP contribution in [0.4, 0.5) is 0 Å². The third kappa shape index (κ3) is 2.32. The number of methoxy groups -OCH3 is 2. The van der Waals surface area contributed by atoms with Crippen molar-refractivity contribution in [3.05, 3.63) is 95.1 Å². The highest BCUT2D eigenvalue weighted by atomic mass is 16.5. The van der Waals surface area contributed by atoms with Crippen LogP contribution in [0.5, 0.6) is 11.8 Å². The number of hydrogen-bond acceptors (Lipinski definition) is 6. The first-order valence-electron chi connectivity index (χ1n) is 13.0. The van der Waals surface area contributed by atoms with Crippen molar-refractivity contribution in [1.29, 1.82) is 0 Å². The number of benzene rings is 5. The normalized spacial score (nSPS) is 13.3. The van der Waals surface area contributed by atoms with E-state index in [-0.39, 0.29) is 11.6 Å². The molecule has 0 bridgehead atoms. The lowest BCUT2D eigenvalue weighted by Gasteiger charge is -2.26. The second kappa shape index (κ2) is 7.18. The number of rotatable bonds is 2. The average molecular weight is 519 g/mol. The molecule has 0 spiro atoms. The van der Waals surface area contributed by atoms with E-state index in [1.54, 1.807) is 14.2 Å². The SMILES string of the molecule is COc1nc2c3c(ccc4c5c(OC)nc6c7c(ccc(c1c34)c75)C(=O)c1ccccc1-6)C(=O)c1ccccc1-2. The lowest BCUT2D eigenvalue weighted by atomic mass is 9.79. The summed E-state index contributed by atoms with van der Waals surface area (Å²) in [5.41, 5.74) is 5.46.